The monoisotopic (exact) mass is 376 g/mol. The Morgan fingerprint density at radius 2 is 1.32 bits per heavy atom. The Labute approximate surface area is 151 Å². The van der Waals surface area contributed by atoms with E-state index in [4.69, 9.17) is 11.6 Å². The Morgan fingerprint density at radius 1 is 0.880 bits per heavy atom. The molecule has 0 radical (unpaired) electrons. The predicted molar refractivity (Wildman–Crippen MR) is 99.2 cm³/mol. The number of hydrogen-bond donors (Lipinski definition) is 0. The van der Waals surface area contributed by atoms with Crippen LogP contribution in [0.15, 0.2) is 48.5 Å². The zero-order valence-corrected chi connectivity index (χ0v) is 15.2. The van der Waals surface area contributed by atoms with Crippen molar-refractivity contribution in [2.24, 2.45) is 0 Å². The van der Waals surface area contributed by atoms with Crippen LogP contribution in [0.25, 0.3) is 0 Å². The molecular weight excluding hydrogens is 360 g/mol. The highest BCUT2D eigenvalue weighted by atomic mass is 35.5. The fourth-order valence-electron chi connectivity index (χ4n) is 3.61. The number of aryl methyl sites for hydroxylation is 1. The fraction of sp³-hybridized carbons (Fsp3) is 0.278. The standard InChI is InChI=1S/C18H17ClN2O3S/c1-12-2-6-14(7-3-12)20-16-10-25(23,24)11-17(16)21(18(20)22)15-8-4-13(19)5-9-15/h2-9,16-17H,10-11H2,1H3/t16-,17+/m1/s1. The molecular formula is C18H17ClN2O3S. The highest BCUT2D eigenvalue weighted by Gasteiger charge is 2.54. The smallest absolute Gasteiger partial charge is 0.288 e. The van der Waals surface area contributed by atoms with E-state index >= 15 is 0 Å². The minimum atomic E-state index is -3.19. The van der Waals surface area contributed by atoms with E-state index in [2.05, 4.69) is 0 Å². The second-order valence-electron chi connectivity index (χ2n) is 6.55. The quantitative estimate of drug-likeness (QED) is 0.756. The molecule has 4 rings (SSSR count). The first-order valence-electron chi connectivity index (χ1n) is 8.01. The van der Waals surface area contributed by atoms with Gasteiger partial charge in [-0.3, -0.25) is 9.80 Å². The molecule has 7 heteroatoms. The zero-order chi connectivity index (χ0) is 17.8. The molecule has 130 valence electrons. The van der Waals surface area contributed by atoms with Crippen molar-refractivity contribution in [1.82, 2.24) is 0 Å². The van der Waals surface area contributed by atoms with Crippen molar-refractivity contribution in [1.29, 1.82) is 0 Å². The summed E-state index contributed by atoms with van der Waals surface area (Å²) in [6.07, 6.45) is 0. The van der Waals surface area contributed by atoms with Gasteiger partial charge in [-0.1, -0.05) is 29.3 Å². The number of anilines is 2. The lowest BCUT2D eigenvalue weighted by Crippen LogP contribution is -2.37. The lowest BCUT2D eigenvalue weighted by atomic mass is 10.1. The van der Waals surface area contributed by atoms with Gasteiger partial charge in [0, 0.05) is 16.4 Å². The van der Waals surface area contributed by atoms with Gasteiger partial charge in [-0.2, -0.15) is 0 Å². The number of carbonyl (C=O) groups is 1. The maximum absolute atomic E-state index is 13.1. The summed E-state index contributed by atoms with van der Waals surface area (Å²) in [6, 6.07) is 13.5. The number of nitrogens with zero attached hydrogens (tertiary/aromatic N) is 2. The van der Waals surface area contributed by atoms with Crippen LogP contribution in [0.3, 0.4) is 0 Å². The van der Waals surface area contributed by atoms with Gasteiger partial charge in [0.2, 0.25) is 0 Å². The summed E-state index contributed by atoms with van der Waals surface area (Å²) < 4.78 is 24.5. The summed E-state index contributed by atoms with van der Waals surface area (Å²) in [7, 11) is -3.19. The van der Waals surface area contributed by atoms with E-state index in [1.165, 1.54) is 0 Å². The highest BCUT2D eigenvalue weighted by Crippen LogP contribution is 2.38. The molecule has 0 aliphatic carbocycles. The second kappa shape index (κ2) is 5.75. The van der Waals surface area contributed by atoms with Crippen LogP contribution in [0.2, 0.25) is 5.02 Å². The van der Waals surface area contributed by atoms with Crippen molar-refractivity contribution in [2.75, 3.05) is 21.3 Å². The number of urea groups is 1. The summed E-state index contributed by atoms with van der Waals surface area (Å²) >= 11 is 5.94. The SMILES string of the molecule is Cc1ccc(N2C(=O)N(c3ccc(Cl)cc3)[C@H]3CS(=O)(=O)C[C@H]32)cc1. The first-order valence-corrected chi connectivity index (χ1v) is 10.2. The lowest BCUT2D eigenvalue weighted by Gasteiger charge is -2.22. The van der Waals surface area contributed by atoms with Gasteiger partial charge in [0.05, 0.1) is 23.6 Å². The van der Waals surface area contributed by atoms with E-state index in [1.54, 1.807) is 34.1 Å². The average Bonchev–Trinajstić information content (AvgIpc) is 2.99. The minimum absolute atomic E-state index is 0.0125. The largest absolute Gasteiger partial charge is 0.329 e. The third kappa shape index (κ3) is 2.79. The number of fused-ring (bicyclic) bond motifs is 1. The molecule has 2 atom stereocenters. The number of halogens is 1. The van der Waals surface area contributed by atoms with Crippen LogP contribution < -0.4 is 9.80 Å². The third-order valence-corrected chi connectivity index (χ3v) is 6.74. The Morgan fingerprint density at radius 3 is 1.80 bits per heavy atom. The molecule has 2 aliphatic heterocycles. The van der Waals surface area contributed by atoms with Gasteiger partial charge in [-0.05, 0) is 43.3 Å². The third-order valence-electron chi connectivity index (χ3n) is 4.79. The second-order valence-corrected chi connectivity index (χ2v) is 9.14. The summed E-state index contributed by atoms with van der Waals surface area (Å²) in [5, 5.41) is 0.571. The van der Waals surface area contributed by atoms with Gasteiger partial charge in [-0.25, -0.2) is 13.2 Å². The Kier molecular flexibility index (Phi) is 3.77. The van der Waals surface area contributed by atoms with Crippen molar-refractivity contribution in [3.8, 4) is 0 Å². The van der Waals surface area contributed by atoms with Gasteiger partial charge in [0.15, 0.2) is 9.84 Å². The van der Waals surface area contributed by atoms with E-state index in [-0.39, 0.29) is 29.6 Å². The molecule has 2 fully saturated rings. The molecule has 2 heterocycles. The van der Waals surface area contributed by atoms with Gasteiger partial charge < -0.3 is 0 Å². The van der Waals surface area contributed by atoms with Crippen LogP contribution in [-0.4, -0.2) is 38.0 Å². The zero-order valence-electron chi connectivity index (χ0n) is 13.6. The minimum Gasteiger partial charge on any atom is -0.288 e. The summed E-state index contributed by atoms with van der Waals surface area (Å²) in [6.45, 7) is 1.97. The van der Waals surface area contributed by atoms with Gasteiger partial charge in [-0.15, -0.1) is 0 Å². The molecule has 2 saturated heterocycles. The number of amides is 2. The molecule has 0 saturated carbocycles. The maximum atomic E-state index is 13.1. The molecule has 0 spiro atoms. The van der Waals surface area contributed by atoms with Gasteiger partial charge in [0.1, 0.15) is 0 Å². The van der Waals surface area contributed by atoms with Crippen LogP contribution in [0.4, 0.5) is 16.2 Å². The fourth-order valence-corrected chi connectivity index (χ4v) is 5.66. The molecule has 2 aliphatic rings. The molecule has 0 bridgehead atoms. The number of benzene rings is 2. The topological polar surface area (TPSA) is 57.7 Å². The van der Waals surface area contributed by atoms with Crippen LogP contribution >= 0.6 is 11.6 Å². The number of sulfone groups is 1. The molecule has 0 unspecified atom stereocenters. The number of hydrogen-bond acceptors (Lipinski definition) is 3. The highest BCUT2D eigenvalue weighted by molar-refractivity contribution is 7.91. The lowest BCUT2D eigenvalue weighted by molar-refractivity contribution is 0.255. The summed E-state index contributed by atoms with van der Waals surface area (Å²) in [5.74, 6) is -0.0320. The Balaban J connectivity index is 1.79. The number of rotatable bonds is 2. The normalized spacial score (nSPS) is 24.6. The van der Waals surface area contributed by atoms with Crippen molar-refractivity contribution in [2.45, 2.75) is 19.0 Å². The molecule has 0 aromatic heterocycles. The molecule has 5 nitrogen and oxygen atoms in total. The van der Waals surface area contributed by atoms with Crippen LogP contribution in [0, 0.1) is 6.92 Å². The molecule has 2 amide bonds. The first kappa shape index (κ1) is 16.4. The van der Waals surface area contributed by atoms with Crippen molar-refractivity contribution >= 4 is 38.8 Å². The molecule has 25 heavy (non-hydrogen) atoms. The van der Waals surface area contributed by atoms with Crippen molar-refractivity contribution in [3.05, 3.63) is 59.1 Å². The Bertz CT molecular complexity index is 856. The Hall–Kier alpha value is -2.05. The van der Waals surface area contributed by atoms with E-state index in [0.717, 1.165) is 11.3 Å². The van der Waals surface area contributed by atoms with E-state index < -0.39 is 9.84 Å². The van der Waals surface area contributed by atoms with Crippen LogP contribution in [0.1, 0.15) is 5.56 Å². The first-order chi connectivity index (χ1) is 11.9. The van der Waals surface area contributed by atoms with Gasteiger partial charge in [0.25, 0.3) is 0 Å². The van der Waals surface area contributed by atoms with E-state index in [0.29, 0.717) is 10.7 Å². The number of carbonyl (C=O) groups excluding carboxylic acids is 1. The van der Waals surface area contributed by atoms with E-state index in [9.17, 15) is 13.2 Å². The molecule has 2 aromatic carbocycles. The van der Waals surface area contributed by atoms with Gasteiger partial charge >= 0.3 is 6.03 Å². The summed E-state index contributed by atoms with van der Waals surface area (Å²) in [4.78, 5) is 16.3. The van der Waals surface area contributed by atoms with Crippen molar-refractivity contribution in [3.63, 3.8) is 0 Å². The predicted octanol–water partition coefficient (Wildman–Crippen LogP) is 3.26. The van der Waals surface area contributed by atoms with Crippen LogP contribution in [0.5, 0.6) is 0 Å². The maximum Gasteiger partial charge on any atom is 0.329 e. The van der Waals surface area contributed by atoms with Crippen molar-refractivity contribution < 1.29 is 13.2 Å². The molecule has 0 N–H and O–H groups in total. The molecule has 2 aromatic rings. The van der Waals surface area contributed by atoms with Crippen LogP contribution in [-0.2, 0) is 9.84 Å². The average molecular weight is 377 g/mol. The van der Waals surface area contributed by atoms with E-state index in [1.807, 2.05) is 31.2 Å². The summed E-state index contributed by atoms with van der Waals surface area (Å²) in [5.41, 5.74) is 2.47.